The van der Waals surface area contributed by atoms with Gasteiger partial charge >= 0.3 is 0 Å². The molecule has 4 heteroatoms. The van der Waals surface area contributed by atoms with Crippen molar-refractivity contribution in [3.05, 3.63) is 0 Å². The maximum atomic E-state index is 5.07. The molecule has 0 aromatic rings. The highest BCUT2D eigenvalue weighted by Crippen LogP contribution is 1.95. The van der Waals surface area contributed by atoms with Gasteiger partial charge < -0.3 is 0 Å². The minimum Gasteiger partial charge on any atom is -0.226 e. The molecule has 0 aromatic carbocycles. The van der Waals surface area contributed by atoms with Crippen LogP contribution in [0.2, 0.25) is 0 Å². The van der Waals surface area contributed by atoms with Crippen molar-refractivity contribution in [2.24, 2.45) is 0 Å². The van der Waals surface area contributed by atoms with Crippen molar-refractivity contribution in [3.63, 3.8) is 0 Å². The molecule has 0 unspecified atom stereocenters. The van der Waals surface area contributed by atoms with Crippen LogP contribution in [0, 0.1) is 0 Å². The summed E-state index contributed by atoms with van der Waals surface area (Å²) >= 11 is 12.9. The first-order chi connectivity index (χ1) is 2.27. The highest BCUT2D eigenvalue weighted by Gasteiger charge is 1.85. The Labute approximate surface area is 49.0 Å². The number of rotatable bonds is 1. The maximum absolute atomic E-state index is 5.07. The van der Waals surface area contributed by atoms with Crippen molar-refractivity contribution in [1.29, 1.82) is 0 Å². The lowest BCUT2D eigenvalue weighted by atomic mass is 11.5. The number of alkyl halides is 2. The second-order valence-electron chi connectivity index (χ2n) is 0.410. The third-order valence-corrected chi connectivity index (χ3v) is 1.29. The molecule has 0 aromatic heterocycles. The monoisotopic (exact) mass is 177 g/mol. The first-order valence-corrected chi connectivity index (χ1v) is 2.58. The van der Waals surface area contributed by atoms with Crippen LogP contribution in [0.4, 0.5) is 0 Å². The molecule has 0 saturated heterocycles. The van der Waals surface area contributed by atoms with Gasteiger partial charge in [0.25, 0.3) is 0 Å². The van der Waals surface area contributed by atoms with Gasteiger partial charge in [0.05, 0.1) is 0 Å². The van der Waals surface area contributed by atoms with Gasteiger partial charge in [-0.05, 0) is 0 Å². The summed E-state index contributed by atoms with van der Waals surface area (Å²) in [6.07, 6.45) is 0. The van der Waals surface area contributed by atoms with Gasteiger partial charge in [-0.15, -0.1) is 0 Å². The summed E-state index contributed by atoms with van der Waals surface area (Å²) in [6, 6.07) is 0. The average Bonchev–Trinajstić information content (AvgIpc) is 1.38. The minimum absolute atomic E-state index is 0.505. The van der Waals surface area contributed by atoms with Gasteiger partial charge in [-0.3, -0.25) is 0 Å². The SMILES string of the molecule is ClC(Cl)NBr. The van der Waals surface area contributed by atoms with E-state index in [1.165, 1.54) is 0 Å². The molecule has 0 spiro atoms. The Morgan fingerprint density at radius 1 is 1.60 bits per heavy atom. The van der Waals surface area contributed by atoms with Crippen molar-refractivity contribution in [2.45, 2.75) is 4.96 Å². The molecule has 0 rings (SSSR count). The predicted molar refractivity (Wildman–Crippen MR) is 27.6 cm³/mol. The van der Waals surface area contributed by atoms with Gasteiger partial charge in [-0.25, -0.2) is 4.34 Å². The Morgan fingerprint density at radius 2 is 1.80 bits per heavy atom. The van der Waals surface area contributed by atoms with E-state index in [9.17, 15) is 0 Å². The molecule has 0 amide bonds. The third kappa shape index (κ3) is 5.02. The van der Waals surface area contributed by atoms with Crippen LogP contribution in [-0.2, 0) is 0 Å². The predicted octanol–water partition coefficient (Wildman–Crippen LogP) is 1.65. The van der Waals surface area contributed by atoms with E-state index in [4.69, 9.17) is 23.2 Å². The highest BCUT2D eigenvalue weighted by atomic mass is 79.9. The molecule has 0 aliphatic rings. The number of halogens is 3. The zero-order valence-corrected chi connectivity index (χ0v) is 5.31. The molecule has 0 saturated carbocycles. The number of hydrogen-bond donors (Lipinski definition) is 1. The van der Waals surface area contributed by atoms with E-state index in [1.54, 1.807) is 0 Å². The second kappa shape index (κ2) is 3.22. The first-order valence-electron chi connectivity index (χ1n) is 0.914. The van der Waals surface area contributed by atoms with Crippen LogP contribution in [0.5, 0.6) is 0 Å². The topological polar surface area (TPSA) is 12.0 Å². The standard InChI is InChI=1S/CH2BrCl2N/c2-5-1(3)4/h1,5H. The Kier molecular flexibility index (Phi) is 3.88. The van der Waals surface area contributed by atoms with Gasteiger partial charge in [0.2, 0.25) is 0 Å². The van der Waals surface area contributed by atoms with E-state index in [1.807, 2.05) is 0 Å². The highest BCUT2D eigenvalue weighted by molar-refractivity contribution is 9.08. The van der Waals surface area contributed by atoms with E-state index >= 15 is 0 Å². The normalized spacial score (nSPS) is 9.60. The van der Waals surface area contributed by atoms with Gasteiger partial charge in [-0.2, -0.15) is 0 Å². The fourth-order valence-corrected chi connectivity index (χ4v) is 0. The zero-order valence-electron chi connectivity index (χ0n) is 2.21. The summed E-state index contributed by atoms with van der Waals surface area (Å²) in [4.78, 5) is -0.505. The Hall–Kier alpha value is 1.02. The van der Waals surface area contributed by atoms with Crippen molar-refractivity contribution < 1.29 is 0 Å². The lowest BCUT2D eigenvalue weighted by Crippen LogP contribution is -2.00. The molecule has 0 radical (unpaired) electrons. The summed E-state index contributed by atoms with van der Waals surface area (Å²) in [5, 5.41) is 0. The van der Waals surface area contributed by atoms with E-state index in [2.05, 4.69) is 20.5 Å². The summed E-state index contributed by atoms with van der Waals surface area (Å²) in [6.45, 7) is 0. The smallest absolute Gasteiger partial charge is 0.167 e. The number of nitrogens with one attached hydrogen (secondary N) is 1. The molecule has 0 bridgehead atoms. The van der Waals surface area contributed by atoms with Crippen molar-refractivity contribution in [2.75, 3.05) is 0 Å². The van der Waals surface area contributed by atoms with Crippen LogP contribution in [0.25, 0.3) is 0 Å². The van der Waals surface area contributed by atoms with Gasteiger partial charge in [0.1, 0.15) is 0 Å². The van der Waals surface area contributed by atoms with Crippen molar-refractivity contribution in [1.82, 2.24) is 4.34 Å². The van der Waals surface area contributed by atoms with Crippen molar-refractivity contribution >= 4 is 39.3 Å². The fourth-order valence-electron chi connectivity index (χ4n) is 0. The van der Waals surface area contributed by atoms with E-state index in [0.717, 1.165) is 0 Å². The van der Waals surface area contributed by atoms with Crippen LogP contribution < -0.4 is 4.34 Å². The van der Waals surface area contributed by atoms with Crippen molar-refractivity contribution in [3.8, 4) is 0 Å². The number of hydrogen-bond acceptors (Lipinski definition) is 1. The molecule has 0 fully saturated rings. The Bertz CT molecular complexity index is 23.6. The summed E-state index contributed by atoms with van der Waals surface area (Å²) in [5.41, 5.74) is 0. The summed E-state index contributed by atoms with van der Waals surface area (Å²) < 4.78 is 2.37. The molecule has 1 N–H and O–H groups in total. The second-order valence-corrected chi connectivity index (χ2v) is 1.96. The average molecular weight is 179 g/mol. The fraction of sp³-hybridized carbons (Fsp3) is 1.00. The van der Waals surface area contributed by atoms with E-state index in [0.29, 0.717) is 0 Å². The largest absolute Gasteiger partial charge is 0.226 e. The Morgan fingerprint density at radius 3 is 1.80 bits per heavy atom. The van der Waals surface area contributed by atoms with Gasteiger partial charge in [0, 0.05) is 16.1 Å². The van der Waals surface area contributed by atoms with Crippen LogP contribution in [-0.4, -0.2) is 4.96 Å². The molecule has 0 aliphatic carbocycles. The molecule has 0 aliphatic heterocycles. The minimum atomic E-state index is -0.505. The summed E-state index contributed by atoms with van der Waals surface area (Å²) in [7, 11) is 0. The van der Waals surface area contributed by atoms with Crippen LogP contribution >= 0.6 is 39.3 Å². The van der Waals surface area contributed by atoms with Gasteiger partial charge in [-0.1, -0.05) is 23.2 Å². The molecular formula is CH2BrCl2N. The van der Waals surface area contributed by atoms with E-state index in [-0.39, 0.29) is 0 Å². The van der Waals surface area contributed by atoms with Gasteiger partial charge in [0.15, 0.2) is 4.96 Å². The molecule has 0 atom stereocenters. The van der Waals surface area contributed by atoms with Crippen LogP contribution in [0.1, 0.15) is 0 Å². The maximum Gasteiger partial charge on any atom is 0.167 e. The molecular weight excluding hydrogens is 177 g/mol. The first kappa shape index (κ1) is 6.02. The molecule has 32 valence electrons. The summed E-state index contributed by atoms with van der Waals surface area (Å²) in [5.74, 6) is 0. The lowest BCUT2D eigenvalue weighted by molar-refractivity contribution is 1.17. The molecule has 0 heterocycles. The van der Waals surface area contributed by atoms with Crippen LogP contribution in [0.3, 0.4) is 0 Å². The molecule has 5 heavy (non-hydrogen) atoms. The van der Waals surface area contributed by atoms with E-state index < -0.39 is 4.96 Å². The van der Waals surface area contributed by atoms with Crippen LogP contribution in [0.15, 0.2) is 0 Å². The lowest BCUT2D eigenvalue weighted by Gasteiger charge is -1.86. The quantitative estimate of drug-likeness (QED) is 0.366. The third-order valence-electron chi connectivity index (χ3n) is 0.0825. The Balaban J connectivity index is 2.54. The molecule has 1 nitrogen and oxygen atoms in total. The zero-order chi connectivity index (χ0) is 4.28.